The van der Waals surface area contributed by atoms with E-state index in [0.717, 1.165) is 10.4 Å². The maximum absolute atomic E-state index is 12.8. The number of benzene rings is 2. The highest BCUT2D eigenvalue weighted by Crippen LogP contribution is 2.30. The summed E-state index contributed by atoms with van der Waals surface area (Å²) in [6.45, 7) is -0.151. The van der Waals surface area contributed by atoms with Gasteiger partial charge in [-0.1, -0.05) is 41.9 Å². The van der Waals surface area contributed by atoms with Crippen LogP contribution in [0.25, 0.3) is 20.7 Å². The van der Waals surface area contributed by atoms with Crippen LogP contribution in [0.3, 0.4) is 0 Å². The molecular weight excluding hydrogens is 410 g/mol. The molecule has 146 valence electrons. The molecule has 0 unspecified atom stereocenters. The number of rotatable bonds is 5. The fourth-order valence-corrected chi connectivity index (χ4v) is 4.17. The molecule has 0 fully saturated rings. The molecule has 1 amide bonds. The lowest BCUT2D eigenvalue weighted by atomic mass is 10.2. The van der Waals surface area contributed by atoms with Gasteiger partial charge in [-0.3, -0.25) is 14.2 Å². The van der Waals surface area contributed by atoms with E-state index in [9.17, 15) is 9.59 Å². The zero-order valence-corrected chi connectivity index (χ0v) is 17.0. The number of fused-ring (bicyclic) bond motifs is 1. The van der Waals surface area contributed by atoms with Gasteiger partial charge in [-0.2, -0.15) is 0 Å². The first-order valence-corrected chi connectivity index (χ1v) is 9.92. The molecule has 0 aliphatic carbocycles. The van der Waals surface area contributed by atoms with Crippen molar-refractivity contribution < 1.29 is 9.53 Å². The van der Waals surface area contributed by atoms with E-state index in [4.69, 9.17) is 16.3 Å². The highest BCUT2D eigenvalue weighted by atomic mass is 35.5. The fourth-order valence-electron chi connectivity index (χ4n) is 2.92. The number of hydrogen-bond donors (Lipinski definition) is 1. The van der Waals surface area contributed by atoms with E-state index in [-0.39, 0.29) is 18.0 Å². The lowest BCUT2D eigenvalue weighted by molar-refractivity contribution is -0.116. The van der Waals surface area contributed by atoms with E-state index >= 15 is 0 Å². The van der Waals surface area contributed by atoms with Crippen LogP contribution < -0.4 is 15.6 Å². The highest BCUT2D eigenvalue weighted by Gasteiger charge is 2.13. The molecule has 0 saturated carbocycles. The van der Waals surface area contributed by atoms with Crippen molar-refractivity contribution in [3.8, 4) is 16.2 Å². The van der Waals surface area contributed by atoms with Crippen LogP contribution in [0.2, 0.25) is 5.02 Å². The summed E-state index contributed by atoms with van der Waals surface area (Å²) in [5, 5.41) is 3.61. The van der Waals surface area contributed by atoms with Gasteiger partial charge in [-0.05, 0) is 29.8 Å². The Bertz CT molecular complexity index is 1250. The number of nitrogens with zero attached hydrogens (tertiary/aromatic N) is 2. The Hall–Kier alpha value is -3.16. The van der Waals surface area contributed by atoms with Crippen LogP contribution in [0.15, 0.2) is 65.7 Å². The van der Waals surface area contributed by atoms with E-state index in [1.807, 2.05) is 36.4 Å². The molecule has 4 rings (SSSR count). The number of anilines is 1. The van der Waals surface area contributed by atoms with Crippen LogP contribution in [0.5, 0.6) is 5.75 Å². The Balaban J connectivity index is 1.56. The number of carbonyl (C=O) groups excluding carboxylic acids is 1. The van der Waals surface area contributed by atoms with E-state index in [2.05, 4.69) is 10.3 Å². The summed E-state index contributed by atoms with van der Waals surface area (Å²) in [5.74, 6) is 0.162. The van der Waals surface area contributed by atoms with Crippen LogP contribution in [-0.4, -0.2) is 22.6 Å². The van der Waals surface area contributed by atoms with E-state index in [0.29, 0.717) is 26.7 Å². The van der Waals surface area contributed by atoms with Crippen molar-refractivity contribution in [2.75, 3.05) is 12.4 Å². The van der Waals surface area contributed by atoms with Gasteiger partial charge in [0.25, 0.3) is 5.56 Å². The highest BCUT2D eigenvalue weighted by molar-refractivity contribution is 7.21. The summed E-state index contributed by atoms with van der Waals surface area (Å²) in [7, 11) is 1.52. The maximum atomic E-state index is 12.8. The number of thiophene rings is 1. The van der Waals surface area contributed by atoms with Gasteiger partial charge in [0, 0.05) is 10.6 Å². The number of ether oxygens (including phenoxy) is 1. The summed E-state index contributed by atoms with van der Waals surface area (Å²) in [6, 6.07) is 16.5. The number of methoxy groups -OCH3 is 1. The lowest BCUT2D eigenvalue weighted by Crippen LogP contribution is -2.27. The third kappa shape index (κ3) is 4.01. The minimum absolute atomic E-state index is 0.151. The van der Waals surface area contributed by atoms with Crippen LogP contribution >= 0.6 is 22.9 Å². The molecule has 0 atom stereocenters. The van der Waals surface area contributed by atoms with E-state index in [1.165, 1.54) is 29.3 Å². The first-order valence-electron chi connectivity index (χ1n) is 8.73. The molecule has 8 heteroatoms. The summed E-state index contributed by atoms with van der Waals surface area (Å²) < 4.78 is 6.39. The van der Waals surface area contributed by atoms with Crippen molar-refractivity contribution >= 4 is 44.7 Å². The van der Waals surface area contributed by atoms with Crippen LogP contribution in [-0.2, 0) is 11.3 Å². The van der Waals surface area contributed by atoms with E-state index in [1.54, 1.807) is 18.2 Å². The third-order valence-electron chi connectivity index (χ3n) is 4.33. The Morgan fingerprint density at radius 2 is 2.00 bits per heavy atom. The van der Waals surface area contributed by atoms with Crippen LogP contribution in [0, 0.1) is 0 Å². The summed E-state index contributed by atoms with van der Waals surface area (Å²) >= 11 is 7.52. The molecule has 0 radical (unpaired) electrons. The van der Waals surface area contributed by atoms with Gasteiger partial charge in [-0.15, -0.1) is 11.3 Å². The molecule has 0 spiro atoms. The number of carbonyl (C=O) groups is 1. The number of nitrogens with one attached hydrogen (secondary N) is 1. The average molecular weight is 426 g/mol. The lowest BCUT2D eigenvalue weighted by Gasteiger charge is -2.09. The molecule has 2 aromatic carbocycles. The van der Waals surface area contributed by atoms with Gasteiger partial charge >= 0.3 is 0 Å². The van der Waals surface area contributed by atoms with Crippen molar-refractivity contribution in [3.63, 3.8) is 0 Å². The second-order valence-corrected chi connectivity index (χ2v) is 7.71. The fraction of sp³-hybridized carbons (Fsp3) is 0.0952. The Morgan fingerprint density at radius 3 is 2.72 bits per heavy atom. The number of hydrogen-bond acceptors (Lipinski definition) is 5. The topological polar surface area (TPSA) is 73.2 Å². The zero-order valence-electron chi connectivity index (χ0n) is 15.4. The van der Waals surface area contributed by atoms with E-state index < -0.39 is 0 Å². The van der Waals surface area contributed by atoms with Crippen LogP contribution in [0.1, 0.15) is 0 Å². The number of halogens is 1. The van der Waals surface area contributed by atoms with Crippen molar-refractivity contribution in [2.45, 2.75) is 6.54 Å². The minimum Gasteiger partial charge on any atom is -0.495 e. The van der Waals surface area contributed by atoms with Gasteiger partial charge in [0.05, 0.1) is 23.8 Å². The molecular formula is C21H16ClN3O3S. The Morgan fingerprint density at radius 1 is 1.21 bits per heavy atom. The molecule has 4 aromatic rings. The predicted octanol–water partition coefficient (Wildman–Crippen LogP) is 4.43. The molecule has 0 saturated heterocycles. The third-order valence-corrected chi connectivity index (χ3v) is 5.71. The Kier molecular flexibility index (Phi) is 5.33. The van der Waals surface area contributed by atoms with Gasteiger partial charge in [0.1, 0.15) is 17.1 Å². The summed E-state index contributed by atoms with van der Waals surface area (Å²) in [4.78, 5) is 31.2. The SMILES string of the molecule is COc1ccc(NC(=O)Cn2cnc3sc(-c4ccccc4)cc3c2=O)cc1Cl. The summed E-state index contributed by atoms with van der Waals surface area (Å²) in [6.07, 6.45) is 1.40. The van der Waals surface area contributed by atoms with Crippen molar-refractivity contribution in [1.82, 2.24) is 9.55 Å². The molecule has 2 aromatic heterocycles. The van der Waals surface area contributed by atoms with Crippen LogP contribution in [0.4, 0.5) is 5.69 Å². The monoisotopic (exact) mass is 425 g/mol. The molecule has 1 N–H and O–H groups in total. The first kappa shape index (κ1) is 19.2. The largest absolute Gasteiger partial charge is 0.495 e. The number of aromatic nitrogens is 2. The quantitative estimate of drug-likeness (QED) is 0.513. The van der Waals surface area contributed by atoms with Crippen molar-refractivity contribution in [1.29, 1.82) is 0 Å². The normalized spacial score (nSPS) is 10.8. The first-order chi connectivity index (χ1) is 14.0. The zero-order chi connectivity index (χ0) is 20.4. The summed E-state index contributed by atoms with van der Waals surface area (Å²) in [5.41, 5.74) is 1.29. The standard InChI is InChI=1S/C21H16ClN3O3S/c1-28-17-8-7-14(9-16(17)22)24-19(26)11-25-12-23-20-15(21(25)27)10-18(29-20)13-5-3-2-4-6-13/h2-10,12H,11H2,1H3,(H,24,26). The van der Waals surface area contributed by atoms with Gasteiger partial charge in [0.15, 0.2) is 0 Å². The van der Waals surface area contributed by atoms with Crippen molar-refractivity contribution in [2.24, 2.45) is 0 Å². The molecule has 0 bridgehead atoms. The smallest absolute Gasteiger partial charge is 0.262 e. The van der Waals surface area contributed by atoms with Gasteiger partial charge < -0.3 is 10.1 Å². The molecule has 29 heavy (non-hydrogen) atoms. The molecule has 6 nitrogen and oxygen atoms in total. The average Bonchev–Trinajstić information content (AvgIpc) is 3.16. The molecule has 2 heterocycles. The molecule has 0 aliphatic heterocycles. The van der Waals surface area contributed by atoms with Gasteiger partial charge in [-0.25, -0.2) is 4.98 Å². The van der Waals surface area contributed by atoms with Crippen molar-refractivity contribution in [3.05, 3.63) is 76.3 Å². The Labute approximate surface area is 175 Å². The number of amides is 1. The second-order valence-electron chi connectivity index (χ2n) is 6.27. The molecule has 0 aliphatic rings. The minimum atomic E-state index is -0.354. The maximum Gasteiger partial charge on any atom is 0.262 e. The predicted molar refractivity (Wildman–Crippen MR) is 116 cm³/mol. The second kappa shape index (κ2) is 8.06. The van der Waals surface area contributed by atoms with Gasteiger partial charge in [0.2, 0.25) is 5.91 Å².